The smallest absolute Gasteiger partial charge is 0.161 e. The highest BCUT2D eigenvalue weighted by atomic mass is 31.1. The first-order valence-corrected chi connectivity index (χ1v) is 4.65. The van der Waals surface area contributed by atoms with Gasteiger partial charge in [0, 0.05) is 0 Å². The first-order valence-electron chi connectivity index (χ1n) is 3.37. The summed E-state index contributed by atoms with van der Waals surface area (Å²) >= 11 is 0. The molecule has 0 saturated carbocycles. The van der Waals surface area contributed by atoms with Gasteiger partial charge in [-0.2, -0.15) is 4.89 Å². The monoisotopic (exact) mass is 179 g/mol. The van der Waals surface area contributed by atoms with Gasteiger partial charge in [-0.25, -0.2) is 0 Å². The molecule has 0 saturated heterocycles. The van der Waals surface area contributed by atoms with Crippen molar-refractivity contribution in [3.8, 4) is 0 Å². The van der Waals surface area contributed by atoms with E-state index in [2.05, 4.69) is 0 Å². The van der Waals surface area contributed by atoms with E-state index in [1.165, 1.54) is 0 Å². The lowest BCUT2D eigenvalue weighted by Crippen LogP contribution is -1.98. The van der Waals surface area contributed by atoms with Crippen molar-refractivity contribution in [2.75, 3.05) is 0 Å². The summed E-state index contributed by atoms with van der Waals surface area (Å²) in [6, 6.07) is 0. The van der Waals surface area contributed by atoms with E-state index in [4.69, 9.17) is 4.89 Å². The van der Waals surface area contributed by atoms with Crippen molar-refractivity contribution in [3.63, 3.8) is 0 Å². The highest BCUT2D eigenvalue weighted by Gasteiger charge is 2.24. The standard InChI is InChI=1S/C6H13O2P.Al.3H/c1-3-5-6(4-2)9(7)8;;;;/h6H,3-5H2,1-2H3;;;;/p+1. The second-order valence-electron chi connectivity index (χ2n) is 2.15. The molecule has 60 valence electrons. The molecule has 2 unspecified atom stereocenters. The molecule has 2 atom stereocenters. The molecule has 0 aromatic rings. The van der Waals surface area contributed by atoms with Gasteiger partial charge in [-0.05, 0) is 17.4 Å². The maximum atomic E-state index is 10.5. The number of rotatable bonds is 4. The Labute approximate surface area is 74.0 Å². The van der Waals surface area contributed by atoms with Gasteiger partial charge in [0.25, 0.3) is 0 Å². The van der Waals surface area contributed by atoms with Gasteiger partial charge in [0.05, 0.1) is 0 Å². The van der Waals surface area contributed by atoms with Crippen molar-refractivity contribution in [3.05, 3.63) is 0 Å². The van der Waals surface area contributed by atoms with E-state index in [1.807, 2.05) is 13.8 Å². The molecule has 0 radical (unpaired) electrons. The molecule has 2 nitrogen and oxygen atoms in total. The molecular formula is C6H17AlO2P+. The van der Waals surface area contributed by atoms with Crippen molar-refractivity contribution in [2.24, 2.45) is 0 Å². The van der Waals surface area contributed by atoms with E-state index >= 15 is 0 Å². The molecule has 4 heteroatoms. The predicted molar refractivity (Wildman–Crippen MR) is 48.8 cm³/mol. The molecule has 0 aliphatic heterocycles. The Morgan fingerprint density at radius 3 is 2.10 bits per heavy atom. The summed E-state index contributed by atoms with van der Waals surface area (Å²) in [5.74, 6) is 0. The average molecular weight is 179 g/mol. The van der Waals surface area contributed by atoms with Crippen LogP contribution >= 0.6 is 8.03 Å². The molecule has 0 fully saturated rings. The Bertz CT molecular complexity index is 97.7. The topological polar surface area (TPSA) is 37.3 Å². The zero-order valence-corrected chi connectivity index (χ0v) is 6.90. The zero-order chi connectivity index (χ0) is 7.28. The molecule has 0 rings (SSSR count). The van der Waals surface area contributed by atoms with Crippen molar-refractivity contribution in [2.45, 2.75) is 38.8 Å². The predicted octanol–water partition coefficient (Wildman–Crippen LogP) is 1.12. The van der Waals surface area contributed by atoms with E-state index < -0.39 is 8.03 Å². The van der Waals surface area contributed by atoms with Gasteiger partial charge in [-0.1, -0.05) is 20.3 Å². The van der Waals surface area contributed by atoms with E-state index in [0.29, 0.717) is 0 Å². The van der Waals surface area contributed by atoms with Crippen LogP contribution in [-0.2, 0) is 4.57 Å². The Kier molecular flexibility index (Phi) is 10.2. The van der Waals surface area contributed by atoms with E-state index in [9.17, 15) is 4.57 Å². The van der Waals surface area contributed by atoms with Gasteiger partial charge in [0.2, 0.25) is 0 Å². The van der Waals surface area contributed by atoms with Gasteiger partial charge >= 0.3 is 8.03 Å². The Balaban J connectivity index is 0. The highest BCUT2D eigenvalue weighted by Crippen LogP contribution is 2.28. The normalized spacial score (nSPS) is 13.7. The van der Waals surface area contributed by atoms with Gasteiger partial charge in [-0.3, -0.25) is 0 Å². The van der Waals surface area contributed by atoms with Crippen LogP contribution in [0.2, 0.25) is 0 Å². The lowest BCUT2D eigenvalue weighted by Gasteiger charge is -1.95. The number of hydrogen-bond acceptors (Lipinski definition) is 1. The molecule has 1 N–H and O–H groups in total. The molecule has 10 heavy (non-hydrogen) atoms. The molecular weight excluding hydrogens is 162 g/mol. The van der Waals surface area contributed by atoms with Crippen LogP contribution in [0.4, 0.5) is 0 Å². The zero-order valence-electron chi connectivity index (χ0n) is 6.00. The lowest BCUT2D eigenvalue weighted by molar-refractivity contribution is 0.479. The third kappa shape index (κ3) is 5.38. The minimum Gasteiger partial charge on any atom is -0.161 e. The van der Waals surface area contributed by atoms with E-state index in [0.717, 1.165) is 19.3 Å². The first kappa shape index (κ1) is 13.2. The van der Waals surface area contributed by atoms with Gasteiger partial charge in [-0.15, -0.1) is 0 Å². The molecule has 0 aromatic heterocycles. The molecule has 0 spiro atoms. The van der Waals surface area contributed by atoms with Gasteiger partial charge in [0.15, 0.2) is 23.0 Å². The van der Waals surface area contributed by atoms with Crippen LogP contribution in [0.15, 0.2) is 0 Å². The minimum atomic E-state index is -1.92. The summed E-state index contributed by atoms with van der Waals surface area (Å²) in [6.45, 7) is 3.98. The third-order valence-corrected chi connectivity index (χ3v) is 2.65. The van der Waals surface area contributed by atoms with Crippen molar-refractivity contribution in [1.29, 1.82) is 0 Å². The highest BCUT2D eigenvalue weighted by molar-refractivity contribution is 7.38. The maximum Gasteiger partial charge on any atom is 0.508 e. The minimum absolute atomic E-state index is 0. The fourth-order valence-corrected chi connectivity index (χ4v) is 1.60. The quantitative estimate of drug-likeness (QED) is 0.518. The number of hydrogen-bond donors (Lipinski definition) is 1. The average Bonchev–Trinajstić information content (AvgIpc) is 1.82. The Morgan fingerprint density at radius 2 is 2.00 bits per heavy atom. The second-order valence-corrected chi connectivity index (χ2v) is 3.49. The Morgan fingerprint density at radius 1 is 1.50 bits per heavy atom. The van der Waals surface area contributed by atoms with Gasteiger partial charge in [0.1, 0.15) is 0 Å². The summed E-state index contributed by atoms with van der Waals surface area (Å²) in [6.07, 6.45) is 2.70. The van der Waals surface area contributed by atoms with Crippen molar-refractivity contribution in [1.82, 2.24) is 0 Å². The summed E-state index contributed by atoms with van der Waals surface area (Å²) in [7, 11) is -1.92. The van der Waals surface area contributed by atoms with Crippen LogP contribution in [0.1, 0.15) is 33.1 Å². The van der Waals surface area contributed by atoms with Crippen LogP contribution < -0.4 is 0 Å². The van der Waals surface area contributed by atoms with Gasteiger partial charge < -0.3 is 0 Å². The summed E-state index contributed by atoms with van der Waals surface area (Å²) in [5, 5.41) is 0. The molecule has 0 amide bonds. The second kappa shape index (κ2) is 7.70. The molecule has 0 heterocycles. The lowest BCUT2D eigenvalue weighted by atomic mass is 10.2. The molecule has 0 aliphatic carbocycles. The van der Waals surface area contributed by atoms with Crippen LogP contribution in [0.25, 0.3) is 0 Å². The summed E-state index contributed by atoms with van der Waals surface area (Å²) in [5.41, 5.74) is 0.0324. The maximum absolute atomic E-state index is 10.5. The fraction of sp³-hybridized carbons (Fsp3) is 1.00. The first-order chi connectivity index (χ1) is 4.22. The van der Waals surface area contributed by atoms with Crippen LogP contribution in [0.5, 0.6) is 0 Å². The van der Waals surface area contributed by atoms with Crippen LogP contribution in [0.3, 0.4) is 0 Å². The molecule has 0 aromatic carbocycles. The van der Waals surface area contributed by atoms with Crippen LogP contribution in [0, 0.1) is 0 Å². The summed E-state index contributed by atoms with van der Waals surface area (Å²) < 4.78 is 10.5. The molecule has 0 aliphatic rings. The summed E-state index contributed by atoms with van der Waals surface area (Å²) in [4.78, 5) is 8.65. The largest absolute Gasteiger partial charge is 0.508 e. The van der Waals surface area contributed by atoms with E-state index in [-0.39, 0.29) is 23.0 Å². The third-order valence-electron chi connectivity index (χ3n) is 1.41. The SMILES string of the molecule is CCCC(CC)[P+](=O)O.[AlH3]. The fourth-order valence-electron chi connectivity index (χ4n) is 0.804. The van der Waals surface area contributed by atoms with Crippen molar-refractivity contribution >= 4 is 25.4 Å². The van der Waals surface area contributed by atoms with Crippen molar-refractivity contribution < 1.29 is 9.46 Å². The molecule has 0 bridgehead atoms. The Hall–Kier alpha value is 0.592. The van der Waals surface area contributed by atoms with Crippen LogP contribution in [-0.4, -0.2) is 27.9 Å². The van der Waals surface area contributed by atoms with E-state index in [1.54, 1.807) is 0 Å².